The quantitative estimate of drug-likeness (QED) is 0.516. The molecule has 0 aromatic heterocycles. The monoisotopic (exact) mass is 471 g/mol. The molecule has 0 bridgehead atoms. The number of sulfone groups is 1. The number of anilines is 1. The molecule has 8 heteroatoms. The number of halogens is 1. The first kappa shape index (κ1) is 23.5. The van der Waals surface area contributed by atoms with Gasteiger partial charge in [-0.05, 0) is 49.2 Å². The summed E-state index contributed by atoms with van der Waals surface area (Å²) in [5, 5.41) is 2.83. The molecule has 1 N–H and O–H groups in total. The van der Waals surface area contributed by atoms with Gasteiger partial charge in [0, 0.05) is 17.5 Å². The van der Waals surface area contributed by atoms with E-state index in [2.05, 4.69) is 5.32 Å². The largest absolute Gasteiger partial charge is 0.444 e. The average molecular weight is 472 g/mol. The van der Waals surface area contributed by atoms with E-state index < -0.39 is 27.8 Å². The molecule has 166 valence electrons. The van der Waals surface area contributed by atoms with Crippen LogP contribution >= 0.6 is 11.6 Å². The van der Waals surface area contributed by atoms with Gasteiger partial charge in [-0.15, -0.1) is 0 Å². The zero-order valence-corrected chi connectivity index (χ0v) is 19.3. The number of rotatable bonds is 6. The summed E-state index contributed by atoms with van der Waals surface area (Å²) in [5.74, 6) is -1.46. The van der Waals surface area contributed by atoms with Gasteiger partial charge < -0.3 is 10.1 Å². The van der Waals surface area contributed by atoms with Gasteiger partial charge in [0.1, 0.15) is 0 Å². The van der Waals surface area contributed by atoms with E-state index in [1.54, 1.807) is 30.3 Å². The summed E-state index contributed by atoms with van der Waals surface area (Å²) >= 11 is 6.12. The van der Waals surface area contributed by atoms with E-state index in [1.165, 1.54) is 12.1 Å². The highest BCUT2D eigenvalue weighted by molar-refractivity contribution is 7.90. The second-order valence-electron chi connectivity index (χ2n) is 7.42. The van der Waals surface area contributed by atoms with Crippen LogP contribution in [0.3, 0.4) is 0 Å². The smallest absolute Gasteiger partial charge is 0.340 e. The molecular formula is C24H22ClNO5S. The van der Waals surface area contributed by atoms with Crippen LogP contribution in [0.15, 0.2) is 71.6 Å². The molecule has 3 aromatic carbocycles. The standard InChI is InChI=1S/C24H22ClNO5S/c1-15-9-10-16(2)21(13-15)26-23(27)22(17-7-5-4-6-8-17)31-24(28)19-14-18(32(3,29)30)11-12-20(19)25/h4-14,22H,1-3H3,(H,26,27). The van der Waals surface area contributed by atoms with Gasteiger partial charge in [0.2, 0.25) is 6.10 Å². The Morgan fingerprint density at radius 2 is 1.66 bits per heavy atom. The zero-order valence-electron chi connectivity index (χ0n) is 17.8. The highest BCUT2D eigenvalue weighted by Gasteiger charge is 2.27. The second-order valence-corrected chi connectivity index (χ2v) is 9.84. The molecule has 1 amide bonds. The Hall–Kier alpha value is -3.16. The summed E-state index contributed by atoms with van der Waals surface area (Å²) in [6.45, 7) is 3.76. The summed E-state index contributed by atoms with van der Waals surface area (Å²) in [5.41, 5.74) is 2.73. The summed E-state index contributed by atoms with van der Waals surface area (Å²) < 4.78 is 29.3. The first-order valence-electron chi connectivity index (χ1n) is 9.70. The molecular weight excluding hydrogens is 450 g/mol. The number of aryl methyl sites for hydroxylation is 2. The third-order valence-electron chi connectivity index (χ3n) is 4.80. The third-order valence-corrected chi connectivity index (χ3v) is 6.24. The van der Waals surface area contributed by atoms with E-state index in [9.17, 15) is 18.0 Å². The van der Waals surface area contributed by atoms with E-state index in [0.717, 1.165) is 23.4 Å². The number of amides is 1. The number of benzene rings is 3. The molecule has 0 aliphatic heterocycles. The second kappa shape index (κ2) is 9.54. The van der Waals surface area contributed by atoms with Gasteiger partial charge in [0.25, 0.3) is 5.91 Å². The summed E-state index contributed by atoms with van der Waals surface area (Å²) in [4.78, 5) is 26.0. The molecule has 1 unspecified atom stereocenters. The van der Waals surface area contributed by atoms with Crippen molar-refractivity contribution in [2.45, 2.75) is 24.8 Å². The Balaban J connectivity index is 1.95. The predicted molar refractivity (Wildman–Crippen MR) is 124 cm³/mol. The first-order chi connectivity index (χ1) is 15.1. The minimum atomic E-state index is -3.57. The van der Waals surface area contributed by atoms with Crippen molar-refractivity contribution in [1.29, 1.82) is 0 Å². The topological polar surface area (TPSA) is 89.5 Å². The van der Waals surface area contributed by atoms with Crippen LogP contribution < -0.4 is 5.32 Å². The maximum Gasteiger partial charge on any atom is 0.340 e. The van der Waals surface area contributed by atoms with E-state index >= 15 is 0 Å². The van der Waals surface area contributed by atoms with Crippen LogP contribution in [0.5, 0.6) is 0 Å². The van der Waals surface area contributed by atoms with E-state index in [0.29, 0.717) is 11.3 Å². The van der Waals surface area contributed by atoms with E-state index in [4.69, 9.17) is 16.3 Å². The van der Waals surface area contributed by atoms with Crippen molar-refractivity contribution in [3.63, 3.8) is 0 Å². The lowest BCUT2D eigenvalue weighted by atomic mass is 10.1. The first-order valence-corrected chi connectivity index (χ1v) is 12.0. The maximum absolute atomic E-state index is 13.1. The molecule has 1 atom stereocenters. The third kappa shape index (κ3) is 5.55. The molecule has 0 spiro atoms. The normalized spacial score (nSPS) is 12.1. The molecule has 0 saturated heterocycles. The fourth-order valence-corrected chi connectivity index (χ4v) is 3.87. The lowest BCUT2D eigenvalue weighted by Gasteiger charge is -2.19. The van der Waals surface area contributed by atoms with Crippen LogP contribution in [0.25, 0.3) is 0 Å². The van der Waals surface area contributed by atoms with Crippen LogP contribution in [0.1, 0.15) is 33.2 Å². The minimum Gasteiger partial charge on any atom is -0.444 e. The molecule has 0 saturated carbocycles. The molecule has 6 nitrogen and oxygen atoms in total. The van der Waals surface area contributed by atoms with Crippen molar-refractivity contribution < 1.29 is 22.7 Å². The van der Waals surface area contributed by atoms with Crippen LogP contribution in [0, 0.1) is 13.8 Å². The SMILES string of the molecule is Cc1ccc(C)c(NC(=O)C(OC(=O)c2cc(S(C)(=O)=O)ccc2Cl)c2ccccc2)c1. The van der Waals surface area contributed by atoms with Gasteiger partial charge in [0.05, 0.1) is 15.5 Å². The number of esters is 1. The molecule has 0 radical (unpaired) electrons. The van der Waals surface area contributed by atoms with Crippen molar-refractivity contribution in [3.8, 4) is 0 Å². The minimum absolute atomic E-state index is 0.0177. The Morgan fingerprint density at radius 3 is 2.31 bits per heavy atom. The van der Waals surface area contributed by atoms with Crippen LogP contribution in [-0.4, -0.2) is 26.6 Å². The van der Waals surface area contributed by atoms with Gasteiger partial charge in [-0.1, -0.05) is 54.1 Å². The highest BCUT2D eigenvalue weighted by atomic mass is 35.5. The molecule has 0 aliphatic rings. The molecule has 0 fully saturated rings. The van der Waals surface area contributed by atoms with E-state index in [1.807, 2.05) is 32.0 Å². The van der Waals surface area contributed by atoms with E-state index in [-0.39, 0.29) is 15.5 Å². The van der Waals surface area contributed by atoms with Crippen molar-refractivity contribution in [1.82, 2.24) is 0 Å². The van der Waals surface area contributed by atoms with Gasteiger partial charge >= 0.3 is 5.97 Å². The van der Waals surface area contributed by atoms with Crippen LogP contribution in [0.2, 0.25) is 5.02 Å². The predicted octanol–water partition coefficient (Wildman–Crippen LogP) is 4.90. The van der Waals surface area contributed by atoms with Crippen LogP contribution in [0.4, 0.5) is 5.69 Å². The molecule has 32 heavy (non-hydrogen) atoms. The van der Waals surface area contributed by atoms with Gasteiger partial charge in [0.15, 0.2) is 9.84 Å². The Labute approximate surface area is 192 Å². The fourth-order valence-electron chi connectivity index (χ4n) is 3.03. The lowest BCUT2D eigenvalue weighted by Crippen LogP contribution is -2.26. The number of carbonyl (C=O) groups excluding carboxylic acids is 2. The van der Waals surface area contributed by atoms with Crippen LogP contribution in [-0.2, 0) is 19.4 Å². The molecule has 3 rings (SSSR count). The molecule has 0 heterocycles. The van der Waals surface area contributed by atoms with Crippen molar-refractivity contribution in [2.75, 3.05) is 11.6 Å². The fraction of sp³-hybridized carbons (Fsp3) is 0.167. The highest BCUT2D eigenvalue weighted by Crippen LogP contribution is 2.27. The Bertz CT molecular complexity index is 1270. The van der Waals surface area contributed by atoms with Gasteiger partial charge in [-0.25, -0.2) is 13.2 Å². The summed E-state index contributed by atoms with van der Waals surface area (Å²) in [7, 11) is -3.57. The number of carbonyl (C=O) groups is 2. The lowest BCUT2D eigenvalue weighted by molar-refractivity contribution is -0.125. The summed E-state index contributed by atoms with van der Waals surface area (Å²) in [6.07, 6.45) is -0.253. The van der Waals surface area contributed by atoms with Gasteiger partial charge in [-0.3, -0.25) is 4.79 Å². The van der Waals surface area contributed by atoms with Crippen molar-refractivity contribution >= 4 is 39.0 Å². The maximum atomic E-state index is 13.1. The zero-order chi connectivity index (χ0) is 23.5. The number of ether oxygens (including phenoxy) is 1. The van der Waals surface area contributed by atoms with Gasteiger partial charge in [-0.2, -0.15) is 0 Å². The Morgan fingerprint density at radius 1 is 0.969 bits per heavy atom. The number of nitrogens with one attached hydrogen (secondary N) is 1. The summed E-state index contributed by atoms with van der Waals surface area (Å²) in [6, 6.07) is 17.9. The molecule has 3 aromatic rings. The Kier molecular flexibility index (Phi) is 7.01. The average Bonchev–Trinajstić information content (AvgIpc) is 2.74. The number of hydrogen-bond donors (Lipinski definition) is 1. The van der Waals surface area contributed by atoms with Crippen molar-refractivity contribution in [2.24, 2.45) is 0 Å². The van der Waals surface area contributed by atoms with Crippen molar-refractivity contribution in [3.05, 3.63) is 94.0 Å². The molecule has 0 aliphatic carbocycles. The number of hydrogen-bond acceptors (Lipinski definition) is 5.